The SMILES string of the molecule is CC(C)(C)c1ccccc1O.Cc1cc(Cc2cc(C)cc(C(C)(C)C)c2O)c(O)c(C(C)(C)C)c1. The summed E-state index contributed by atoms with van der Waals surface area (Å²) in [6, 6.07) is 15.6. The largest absolute Gasteiger partial charge is 0.508 e. The molecule has 0 amide bonds. The van der Waals surface area contributed by atoms with Crippen LogP contribution in [0.5, 0.6) is 17.2 Å². The molecule has 3 nitrogen and oxygen atoms in total. The van der Waals surface area contributed by atoms with E-state index >= 15 is 0 Å². The smallest absolute Gasteiger partial charge is 0.122 e. The van der Waals surface area contributed by atoms with Gasteiger partial charge in [0, 0.05) is 6.42 Å². The number of phenolic OH excluding ortho intramolecular Hbond substituents is 3. The summed E-state index contributed by atoms with van der Waals surface area (Å²) in [5.41, 5.74) is 6.66. The molecule has 196 valence electrons. The minimum Gasteiger partial charge on any atom is -0.508 e. The van der Waals surface area contributed by atoms with Crippen LogP contribution in [0, 0.1) is 13.8 Å². The second-order valence-corrected chi connectivity index (χ2v) is 13.1. The van der Waals surface area contributed by atoms with Crippen LogP contribution in [0.3, 0.4) is 0 Å². The number of aryl methyl sites for hydroxylation is 2. The van der Waals surface area contributed by atoms with E-state index in [4.69, 9.17) is 0 Å². The van der Waals surface area contributed by atoms with Crippen molar-refractivity contribution >= 4 is 0 Å². The van der Waals surface area contributed by atoms with E-state index in [-0.39, 0.29) is 16.2 Å². The van der Waals surface area contributed by atoms with Gasteiger partial charge in [0.15, 0.2) is 0 Å². The molecule has 36 heavy (non-hydrogen) atoms. The number of phenols is 3. The van der Waals surface area contributed by atoms with Crippen molar-refractivity contribution in [3.05, 3.63) is 87.5 Å². The first kappa shape index (κ1) is 29.3. The van der Waals surface area contributed by atoms with Crippen LogP contribution >= 0.6 is 0 Å². The highest BCUT2D eigenvalue weighted by Gasteiger charge is 2.24. The highest BCUT2D eigenvalue weighted by atomic mass is 16.3. The molecule has 3 aromatic carbocycles. The van der Waals surface area contributed by atoms with Gasteiger partial charge in [0.2, 0.25) is 0 Å². The van der Waals surface area contributed by atoms with Gasteiger partial charge in [-0.1, -0.05) is 116 Å². The maximum absolute atomic E-state index is 10.8. The molecular formula is C33H46O3. The molecule has 3 N–H and O–H groups in total. The molecule has 3 rings (SSSR count). The van der Waals surface area contributed by atoms with E-state index in [1.54, 1.807) is 6.07 Å². The van der Waals surface area contributed by atoms with Gasteiger partial charge < -0.3 is 15.3 Å². The molecule has 0 aromatic heterocycles. The Labute approximate surface area is 218 Å². The molecule has 0 saturated heterocycles. The van der Waals surface area contributed by atoms with Gasteiger partial charge in [0.05, 0.1) is 0 Å². The van der Waals surface area contributed by atoms with Crippen LogP contribution in [-0.4, -0.2) is 15.3 Å². The van der Waals surface area contributed by atoms with E-state index in [1.807, 2.05) is 30.3 Å². The van der Waals surface area contributed by atoms with E-state index in [0.717, 1.165) is 38.9 Å². The molecule has 0 bridgehead atoms. The Morgan fingerprint density at radius 2 is 0.889 bits per heavy atom. The van der Waals surface area contributed by atoms with E-state index in [1.165, 1.54) is 0 Å². The maximum atomic E-state index is 10.8. The van der Waals surface area contributed by atoms with E-state index in [0.29, 0.717) is 23.7 Å². The van der Waals surface area contributed by atoms with Crippen LogP contribution in [0.1, 0.15) is 101 Å². The highest BCUT2D eigenvalue weighted by molar-refractivity contribution is 5.53. The zero-order valence-electron chi connectivity index (χ0n) is 24.2. The summed E-state index contributed by atoms with van der Waals surface area (Å²) >= 11 is 0. The van der Waals surface area contributed by atoms with Crippen molar-refractivity contribution in [2.24, 2.45) is 0 Å². The van der Waals surface area contributed by atoms with Crippen LogP contribution in [-0.2, 0) is 22.7 Å². The minimum atomic E-state index is -0.129. The molecule has 0 aliphatic rings. The summed E-state index contributed by atoms with van der Waals surface area (Å²) in [5, 5.41) is 31.1. The fourth-order valence-electron chi connectivity index (χ4n) is 4.43. The molecule has 0 fully saturated rings. The van der Waals surface area contributed by atoms with Crippen LogP contribution in [0.25, 0.3) is 0 Å². The predicted molar refractivity (Wildman–Crippen MR) is 153 cm³/mol. The second kappa shape index (κ2) is 10.6. The fourth-order valence-corrected chi connectivity index (χ4v) is 4.43. The summed E-state index contributed by atoms with van der Waals surface area (Å²) in [5.74, 6) is 1.08. The fraction of sp³-hybridized carbons (Fsp3) is 0.455. The van der Waals surface area contributed by atoms with Gasteiger partial charge in [-0.05, 0) is 64.0 Å². The lowest BCUT2D eigenvalue weighted by Crippen LogP contribution is -2.14. The zero-order valence-corrected chi connectivity index (χ0v) is 24.2. The molecule has 0 spiro atoms. The van der Waals surface area contributed by atoms with Crippen LogP contribution < -0.4 is 0 Å². The number of hydrogen-bond acceptors (Lipinski definition) is 3. The summed E-state index contributed by atoms with van der Waals surface area (Å²) in [7, 11) is 0. The molecule has 0 atom stereocenters. The van der Waals surface area contributed by atoms with Crippen molar-refractivity contribution in [3.8, 4) is 17.2 Å². The average molecular weight is 491 g/mol. The topological polar surface area (TPSA) is 60.7 Å². The number of hydrogen-bond donors (Lipinski definition) is 3. The van der Waals surface area contributed by atoms with Crippen molar-refractivity contribution in [1.82, 2.24) is 0 Å². The molecule has 3 aromatic rings. The first-order chi connectivity index (χ1) is 16.3. The summed E-state index contributed by atoms with van der Waals surface area (Å²) in [4.78, 5) is 0. The predicted octanol–water partition coefficient (Wildman–Crippen LogP) is 8.59. The lowest BCUT2D eigenvalue weighted by molar-refractivity contribution is 0.435. The van der Waals surface area contributed by atoms with Crippen molar-refractivity contribution in [1.29, 1.82) is 0 Å². The van der Waals surface area contributed by atoms with Gasteiger partial charge in [0.1, 0.15) is 17.2 Å². The molecule has 3 heteroatoms. The molecule has 0 aliphatic heterocycles. The third-order valence-electron chi connectivity index (χ3n) is 6.38. The van der Waals surface area contributed by atoms with E-state index < -0.39 is 0 Å². The van der Waals surface area contributed by atoms with E-state index in [9.17, 15) is 15.3 Å². The molecule has 0 radical (unpaired) electrons. The molecule has 0 aliphatic carbocycles. The standard InChI is InChI=1S/C23H32O2.C10H14O/c1-14-9-16(20(24)18(11-14)22(3,4)5)13-17-10-15(2)12-19(21(17)25)23(6,7)8;1-10(2,3)8-6-4-5-7-9(8)11/h9-12,24-25H,13H2,1-8H3;4-7,11H,1-3H3. The van der Waals surface area contributed by atoms with Gasteiger partial charge in [-0.2, -0.15) is 0 Å². The van der Waals surface area contributed by atoms with Crippen molar-refractivity contribution in [2.45, 2.75) is 98.8 Å². The van der Waals surface area contributed by atoms with Gasteiger partial charge in [-0.25, -0.2) is 0 Å². The van der Waals surface area contributed by atoms with Crippen molar-refractivity contribution in [3.63, 3.8) is 0 Å². The van der Waals surface area contributed by atoms with Gasteiger partial charge >= 0.3 is 0 Å². The summed E-state index contributed by atoms with van der Waals surface area (Å²) in [6.45, 7) is 23.0. The first-order valence-corrected chi connectivity index (χ1v) is 12.8. The Bertz CT molecular complexity index is 1130. The van der Waals surface area contributed by atoms with E-state index in [2.05, 4.69) is 88.3 Å². The third kappa shape index (κ3) is 7.29. The van der Waals surface area contributed by atoms with Gasteiger partial charge in [0.25, 0.3) is 0 Å². The Morgan fingerprint density at radius 1 is 0.528 bits per heavy atom. The van der Waals surface area contributed by atoms with Gasteiger partial charge in [-0.3, -0.25) is 0 Å². The number of aromatic hydroxyl groups is 3. The number of rotatable bonds is 2. The van der Waals surface area contributed by atoms with Gasteiger partial charge in [-0.15, -0.1) is 0 Å². The Kier molecular flexibility index (Phi) is 8.61. The molecule has 0 saturated carbocycles. The zero-order chi connectivity index (χ0) is 27.6. The molecule has 0 unspecified atom stereocenters. The first-order valence-electron chi connectivity index (χ1n) is 12.8. The number of benzene rings is 3. The lowest BCUT2D eigenvalue weighted by Gasteiger charge is -2.25. The minimum absolute atomic E-state index is 0.0331. The van der Waals surface area contributed by atoms with Crippen molar-refractivity contribution in [2.75, 3.05) is 0 Å². The van der Waals surface area contributed by atoms with Crippen molar-refractivity contribution < 1.29 is 15.3 Å². The Morgan fingerprint density at radius 3 is 1.19 bits per heavy atom. The average Bonchev–Trinajstić information content (AvgIpc) is 2.71. The molecule has 0 heterocycles. The monoisotopic (exact) mass is 490 g/mol. The van der Waals surface area contributed by atoms with Crippen LogP contribution in [0.4, 0.5) is 0 Å². The molecular weight excluding hydrogens is 444 g/mol. The maximum Gasteiger partial charge on any atom is 0.122 e. The summed E-state index contributed by atoms with van der Waals surface area (Å²) in [6.07, 6.45) is 0.521. The van der Waals surface area contributed by atoms with Crippen LogP contribution in [0.2, 0.25) is 0 Å². The number of para-hydroxylation sites is 1. The Hall–Kier alpha value is -2.94. The van der Waals surface area contributed by atoms with Crippen LogP contribution in [0.15, 0.2) is 48.5 Å². The third-order valence-corrected chi connectivity index (χ3v) is 6.38. The lowest BCUT2D eigenvalue weighted by atomic mass is 9.81. The summed E-state index contributed by atoms with van der Waals surface area (Å²) < 4.78 is 0. The second-order valence-electron chi connectivity index (χ2n) is 13.1. The Balaban J connectivity index is 0.000000346. The highest BCUT2D eigenvalue weighted by Crippen LogP contribution is 2.39. The quantitative estimate of drug-likeness (QED) is 0.337. The normalized spacial score (nSPS) is 12.2.